The number of ether oxygens (including phenoxy) is 1. The van der Waals surface area contributed by atoms with Crippen molar-refractivity contribution < 1.29 is 83.5 Å². The van der Waals surface area contributed by atoms with Crippen LogP contribution in [0.3, 0.4) is 0 Å². The fraction of sp³-hybridized carbons (Fsp3) is 0.656. The highest BCUT2D eigenvalue weighted by Gasteiger charge is 2.40. The first-order chi connectivity index (χ1) is 25.5. The predicted octanol–water partition coefficient (Wildman–Crippen LogP) is 3.69. The number of nitrogens with zero attached hydrogens (tertiary/aromatic N) is 1. The minimum Gasteiger partial charge on any atom is -0.475 e. The van der Waals surface area contributed by atoms with Crippen molar-refractivity contribution in [2.45, 2.75) is 89.2 Å². The van der Waals surface area contributed by atoms with Crippen LogP contribution in [-0.4, -0.2) is 126 Å². The summed E-state index contributed by atoms with van der Waals surface area (Å²) in [5.74, 6) is -8.31. The first-order valence-electron chi connectivity index (χ1n) is 16.7. The molecule has 2 atom stereocenters. The van der Waals surface area contributed by atoms with Crippen LogP contribution in [0.1, 0.15) is 57.4 Å². The summed E-state index contributed by atoms with van der Waals surface area (Å²) >= 11 is 0. The second-order valence-corrected chi connectivity index (χ2v) is 11.4. The molecule has 0 bridgehead atoms. The van der Waals surface area contributed by atoms with E-state index in [0.29, 0.717) is 32.5 Å². The fourth-order valence-electron chi connectivity index (χ4n) is 4.11. The van der Waals surface area contributed by atoms with Gasteiger partial charge in [-0.25, -0.2) is 14.4 Å². The average Bonchev–Trinajstić information content (AvgIpc) is 3.53. The number of nitrogens with two attached hydrogens (primary N) is 1. The minimum atomic E-state index is -5.08. The average molecular weight is 818 g/mol. The topological polar surface area (TPSA) is 221 Å². The normalized spacial score (nSPS) is 15.3. The van der Waals surface area contributed by atoms with E-state index in [4.69, 9.17) is 40.2 Å². The summed E-state index contributed by atoms with van der Waals surface area (Å²) in [6, 6.07) is 9.54. The van der Waals surface area contributed by atoms with Crippen molar-refractivity contribution in [1.82, 2.24) is 20.9 Å². The highest BCUT2D eigenvalue weighted by molar-refractivity contribution is 5.88. The molecule has 0 aliphatic carbocycles. The van der Waals surface area contributed by atoms with Crippen molar-refractivity contribution >= 4 is 29.7 Å². The number of hydrogen-bond acceptors (Lipinski definition) is 9. The molecule has 23 heteroatoms. The van der Waals surface area contributed by atoms with Gasteiger partial charge in [0.25, 0.3) is 0 Å². The number of unbranched alkanes of at least 4 members (excludes halogenated alkanes) is 1. The second kappa shape index (κ2) is 28.2. The molecule has 0 aromatic heterocycles. The quantitative estimate of drug-likeness (QED) is 0.0834. The van der Waals surface area contributed by atoms with E-state index in [2.05, 4.69) is 16.0 Å². The minimum absolute atomic E-state index is 0.0349. The molecule has 0 unspecified atom stereocenters. The van der Waals surface area contributed by atoms with Crippen LogP contribution in [0.25, 0.3) is 0 Å². The third-order valence-electron chi connectivity index (χ3n) is 6.75. The number of benzene rings is 1. The Hall–Kier alpha value is -4.22. The van der Waals surface area contributed by atoms with Crippen LogP contribution in [0.2, 0.25) is 0 Å². The number of carboxylic acid groups (broad SMARTS) is 3. The van der Waals surface area contributed by atoms with Gasteiger partial charge in [-0.3, -0.25) is 9.59 Å². The van der Waals surface area contributed by atoms with Crippen LogP contribution in [0.4, 0.5) is 39.5 Å². The molecule has 2 amide bonds. The number of carbonyl (C=O) groups excluding carboxylic acids is 2. The third-order valence-corrected chi connectivity index (χ3v) is 6.75. The zero-order valence-corrected chi connectivity index (χ0v) is 29.9. The Balaban J connectivity index is 0. The van der Waals surface area contributed by atoms with Crippen molar-refractivity contribution in [3.63, 3.8) is 0 Å². The number of carboxylic acids is 3. The molecule has 1 fully saturated rings. The van der Waals surface area contributed by atoms with Crippen LogP contribution in [0.5, 0.6) is 0 Å². The van der Waals surface area contributed by atoms with Gasteiger partial charge in [-0.15, -0.1) is 0 Å². The summed E-state index contributed by atoms with van der Waals surface area (Å²) in [6.45, 7) is 8.17. The van der Waals surface area contributed by atoms with Crippen LogP contribution in [0.15, 0.2) is 30.3 Å². The second-order valence-electron chi connectivity index (χ2n) is 11.4. The number of alkyl halides is 9. The van der Waals surface area contributed by atoms with Gasteiger partial charge in [0.05, 0.1) is 12.7 Å². The monoisotopic (exact) mass is 817 g/mol. The van der Waals surface area contributed by atoms with Gasteiger partial charge in [-0.2, -0.15) is 39.5 Å². The van der Waals surface area contributed by atoms with E-state index < -0.39 is 42.5 Å². The Labute approximate surface area is 310 Å². The lowest BCUT2D eigenvalue weighted by atomic mass is 10.1. The van der Waals surface area contributed by atoms with E-state index in [1.807, 2.05) is 37.3 Å². The van der Waals surface area contributed by atoms with Crippen molar-refractivity contribution in [3.05, 3.63) is 35.9 Å². The fourth-order valence-corrected chi connectivity index (χ4v) is 4.11. The van der Waals surface area contributed by atoms with Gasteiger partial charge in [0.2, 0.25) is 11.8 Å². The van der Waals surface area contributed by atoms with E-state index in [9.17, 15) is 49.1 Å². The van der Waals surface area contributed by atoms with Crippen molar-refractivity contribution in [1.29, 1.82) is 0 Å². The summed E-state index contributed by atoms with van der Waals surface area (Å²) in [4.78, 5) is 53.9. The predicted molar refractivity (Wildman–Crippen MR) is 177 cm³/mol. The number of rotatable bonds is 18. The Morgan fingerprint density at radius 3 is 1.60 bits per heavy atom. The van der Waals surface area contributed by atoms with Crippen LogP contribution >= 0.6 is 0 Å². The molecule has 318 valence electrons. The van der Waals surface area contributed by atoms with Crippen molar-refractivity contribution in [3.8, 4) is 0 Å². The summed E-state index contributed by atoms with van der Waals surface area (Å²) in [5, 5.41) is 31.2. The highest BCUT2D eigenvalue weighted by atomic mass is 19.4. The maximum absolute atomic E-state index is 12.9. The molecule has 8 N–H and O–H groups in total. The number of aliphatic carboxylic acids is 3. The zero-order valence-electron chi connectivity index (χ0n) is 29.9. The van der Waals surface area contributed by atoms with Gasteiger partial charge < -0.3 is 46.6 Å². The van der Waals surface area contributed by atoms with E-state index >= 15 is 0 Å². The molecule has 0 radical (unpaired) electrons. The molecule has 1 aromatic rings. The van der Waals surface area contributed by atoms with Gasteiger partial charge in [0, 0.05) is 25.9 Å². The molecule has 14 nitrogen and oxygen atoms in total. The standard InChI is InChI=1S/C26H45N5O3.3C2HF3O2/c1-2-10-25(32)31-20-23(34-21-22-11-4-3-5-12-22)19-24(31)26(33)30-18-9-17-29-15-7-6-14-28-16-8-13-27;3*3-2(4,5)1(6)7/h3-5,11-12,23-24,28-29H,2,6-10,13-21,27H2,1H3,(H,30,33);3*(H,6,7)/t23-,24+;;;/m0.../s1. The Morgan fingerprint density at radius 2 is 1.18 bits per heavy atom. The molecule has 2 rings (SSSR count). The SMILES string of the molecule is CCCC(=O)N1C[C@@H](OCc2ccccc2)C[C@@H]1C(=O)NCCCNCCCCNCCCN.O=C(O)C(F)(F)F.O=C(O)C(F)(F)F.O=C(O)C(F)(F)F. The van der Waals surface area contributed by atoms with Gasteiger partial charge in [-0.1, -0.05) is 37.3 Å². The Morgan fingerprint density at radius 1 is 0.745 bits per heavy atom. The summed E-state index contributed by atoms with van der Waals surface area (Å²) in [6.07, 6.45) is -9.43. The van der Waals surface area contributed by atoms with E-state index in [1.165, 1.54) is 0 Å². The number of hydrogen-bond donors (Lipinski definition) is 7. The number of halogens is 9. The van der Waals surface area contributed by atoms with Gasteiger partial charge in [0.15, 0.2) is 0 Å². The molecule has 1 aromatic carbocycles. The van der Waals surface area contributed by atoms with Gasteiger partial charge in [-0.05, 0) is 70.4 Å². The molecule has 1 saturated heterocycles. The van der Waals surface area contributed by atoms with Crippen LogP contribution in [-0.2, 0) is 35.3 Å². The summed E-state index contributed by atoms with van der Waals surface area (Å²) in [5.41, 5.74) is 6.57. The Bertz CT molecular complexity index is 1200. The molecule has 0 spiro atoms. The van der Waals surface area contributed by atoms with Crippen LogP contribution < -0.4 is 21.7 Å². The zero-order chi connectivity index (χ0) is 42.7. The number of likely N-dealkylation sites (tertiary alicyclic amines) is 1. The Kier molecular flexibility index (Phi) is 27.1. The number of amides is 2. The molecule has 1 aliphatic rings. The molecule has 0 saturated carbocycles. The summed E-state index contributed by atoms with van der Waals surface area (Å²) in [7, 11) is 0. The largest absolute Gasteiger partial charge is 0.490 e. The maximum Gasteiger partial charge on any atom is 0.490 e. The van der Waals surface area contributed by atoms with E-state index in [0.717, 1.165) is 70.4 Å². The van der Waals surface area contributed by atoms with Crippen molar-refractivity contribution in [2.24, 2.45) is 5.73 Å². The molecule has 1 heterocycles. The first kappa shape index (κ1) is 52.9. The highest BCUT2D eigenvalue weighted by Crippen LogP contribution is 2.23. The van der Waals surface area contributed by atoms with E-state index in [-0.39, 0.29) is 17.9 Å². The van der Waals surface area contributed by atoms with Gasteiger partial charge >= 0.3 is 36.4 Å². The van der Waals surface area contributed by atoms with Gasteiger partial charge in [0.1, 0.15) is 6.04 Å². The lowest BCUT2D eigenvalue weighted by molar-refractivity contribution is -0.193. The lowest BCUT2D eigenvalue weighted by Crippen LogP contribution is -2.46. The lowest BCUT2D eigenvalue weighted by Gasteiger charge is -2.23. The smallest absolute Gasteiger partial charge is 0.475 e. The molecule has 1 aliphatic heterocycles. The molecular weight excluding hydrogens is 769 g/mol. The third kappa shape index (κ3) is 27.9. The van der Waals surface area contributed by atoms with E-state index in [1.54, 1.807) is 4.90 Å². The molecule has 55 heavy (non-hydrogen) atoms. The summed E-state index contributed by atoms with van der Waals surface area (Å²) < 4.78 is 101. The first-order valence-corrected chi connectivity index (χ1v) is 16.7. The van der Waals surface area contributed by atoms with Crippen molar-refractivity contribution in [2.75, 3.05) is 45.8 Å². The molecular formula is C32H48F9N5O9. The number of carbonyl (C=O) groups is 5. The van der Waals surface area contributed by atoms with Crippen LogP contribution in [0, 0.1) is 0 Å². The maximum atomic E-state index is 12.9. The number of nitrogens with one attached hydrogen (secondary N) is 3.